The molecule has 0 aliphatic rings. The van der Waals surface area contributed by atoms with Crippen molar-refractivity contribution in [1.82, 2.24) is 10.9 Å². The monoisotopic (exact) mass is 424 g/mol. The van der Waals surface area contributed by atoms with Crippen molar-refractivity contribution in [1.29, 1.82) is 0 Å². The molecule has 0 spiro atoms. The molecular weight excluding hydrogens is 396 g/mol. The Labute approximate surface area is 181 Å². The Bertz CT molecular complexity index is 892. The number of phenolic OH excluding ortho intramolecular Hbond substituents is 2. The highest BCUT2D eigenvalue weighted by molar-refractivity contribution is 6.03. The van der Waals surface area contributed by atoms with E-state index in [4.69, 9.17) is 0 Å². The number of rotatable bonds is 10. The lowest BCUT2D eigenvalue weighted by Crippen LogP contribution is -2.22. The molecule has 2 rings (SSSR count). The van der Waals surface area contributed by atoms with Crippen LogP contribution in [0.2, 0.25) is 0 Å². The van der Waals surface area contributed by atoms with Crippen molar-refractivity contribution >= 4 is 23.2 Å². The third-order valence-corrected chi connectivity index (χ3v) is 4.54. The summed E-state index contributed by atoms with van der Waals surface area (Å²) >= 11 is 0. The van der Waals surface area contributed by atoms with Crippen molar-refractivity contribution in [3.8, 4) is 11.5 Å². The molecule has 0 heterocycles. The summed E-state index contributed by atoms with van der Waals surface area (Å²) in [5.74, 6) is -0.433. The molecule has 31 heavy (non-hydrogen) atoms. The number of nitrogens with one attached hydrogen (secondary N) is 2. The Morgan fingerprint density at radius 1 is 0.742 bits per heavy atom. The minimum absolute atomic E-state index is 0.102. The predicted molar refractivity (Wildman–Crippen MR) is 120 cm³/mol. The van der Waals surface area contributed by atoms with Crippen LogP contribution >= 0.6 is 0 Å². The average molecular weight is 425 g/mol. The molecule has 8 heteroatoms. The van der Waals surface area contributed by atoms with Crippen molar-refractivity contribution < 1.29 is 19.8 Å². The molecule has 0 bridgehead atoms. The Morgan fingerprint density at radius 2 is 1.13 bits per heavy atom. The lowest BCUT2D eigenvalue weighted by atomic mass is 10.1. The van der Waals surface area contributed by atoms with Gasteiger partial charge in [0.25, 0.3) is 0 Å². The molecular formula is C23H28N4O4. The van der Waals surface area contributed by atoms with Crippen molar-refractivity contribution in [3.63, 3.8) is 0 Å². The van der Waals surface area contributed by atoms with Gasteiger partial charge in [0.05, 0.1) is 11.4 Å². The maximum absolute atomic E-state index is 12.0. The molecule has 0 unspecified atom stereocenters. The molecule has 2 amide bonds. The van der Waals surface area contributed by atoms with E-state index in [1.165, 1.54) is 0 Å². The second kappa shape index (κ2) is 12.1. The summed E-state index contributed by atoms with van der Waals surface area (Å²) in [6.07, 6.45) is 1.65. The van der Waals surface area contributed by atoms with E-state index in [1.54, 1.807) is 48.5 Å². The number of hydrogen-bond donors (Lipinski definition) is 4. The van der Waals surface area contributed by atoms with Gasteiger partial charge in [-0.1, -0.05) is 38.1 Å². The van der Waals surface area contributed by atoms with E-state index in [0.29, 0.717) is 41.8 Å². The van der Waals surface area contributed by atoms with Crippen molar-refractivity contribution in [2.24, 2.45) is 10.2 Å². The van der Waals surface area contributed by atoms with Gasteiger partial charge in [0.15, 0.2) is 0 Å². The smallest absolute Gasteiger partial charge is 0.240 e. The number of hydrogen-bond acceptors (Lipinski definition) is 6. The fraction of sp³-hybridized carbons (Fsp3) is 0.304. The molecule has 0 saturated heterocycles. The SMILES string of the molecule is CC/C(=N\NC(=O)CCCC(=O)N/N=C(\CC)c1ccccc1O)c1ccccc1O. The normalized spacial score (nSPS) is 11.8. The summed E-state index contributed by atoms with van der Waals surface area (Å²) in [5, 5.41) is 28.0. The maximum atomic E-state index is 12.0. The topological polar surface area (TPSA) is 123 Å². The van der Waals surface area contributed by atoms with Crippen molar-refractivity contribution in [2.75, 3.05) is 0 Å². The fourth-order valence-electron chi connectivity index (χ4n) is 2.88. The molecule has 0 aromatic heterocycles. The molecule has 0 aliphatic heterocycles. The molecule has 0 saturated carbocycles. The third kappa shape index (κ3) is 7.26. The second-order valence-corrected chi connectivity index (χ2v) is 6.78. The Hall–Kier alpha value is -3.68. The number of hydrazone groups is 2. The van der Waals surface area contributed by atoms with Gasteiger partial charge >= 0.3 is 0 Å². The van der Waals surface area contributed by atoms with Crippen molar-refractivity contribution in [3.05, 3.63) is 59.7 Å². The maximum Gasteiger partial charge on any atom is 0.240 e. The van der Waals surface area contributed by atoms with E-state index in [-0.39, 0.29) is 36.2 Å². The second-order valence-electron chi connectivity index (χ2n) is 6.78. The van der Waals surface area contributed by atoms with Gasteiger partial charge < -0.3 is 10.2 Å². The highest BCUT2D eigenvalue weighted by atomic mass is 16.3. The van der Waals surface area contributed by atoms with Crippen LogP contribution in [-0.4, -0.2) is 33.5 Å². The summed E-state index contributed by atoms with van der Waals surface area (Å²) in [5.41, 5.74) is 7.21. The molecule has 2 aromatic rings. The highest BCUT2D eigenvalue weighted by Crippen LogP contribution is 2.18. The summed E-state index contributed by atoms with van der Waals surface area (Å²) in [6, 6.07) is 13.6. The highest BCUT2D eigenvalue weighted by Gasteiger charge is 2.10. The van der Waals surface area contributed by atoms with Crippen LogP contribution < -0.4 is 10.9 Å². The molecule has 8 nitrogen and oxygen atoms in total. The molecule has 2 aromatic carbocycles. The fourth-order valence-corrected chi connectivity index (χ4v) is 2.88. The van der Waals surface area contributed by atoms with Gasteiger partial charge in [-0.05, 0) is 43.5 Å². The summed E-state index contributed by atoms with van der Waals surface area (Å²) in [4.78, 5) is 24.1. The Balaban J connectivity index is 1.82. The summed E-state index contributed by atoms with van der Waals surface area (Å²) in [7, 11) is 0. The number of carbonyl (C=O) groups excluding carboxylic acids is 2. The van der Waals surface area contributed by atoms with Gasteiger partial charge in [0.1, 0.15) is 11.5 Å². The summed E-state index contributed by atoms with van der Waals surface area (Å²) < 4.78 is 0. The van der Waals surface area contributed by atoms with Crippen LogP contribution in [-0.2, 0) is 9.59 Å². The first-order chi connectivity index (χ1) is 15.0. The number of nitrogens with zero attached hydrogens (tertiary/aromatic N) is 2. The first-order valence-corrected chi connectivity index (χ1v) is 10.2. The van der Waals surface area contributed by atoms with E-state index in [0.717, 1.165) is 0 Å². The quantitative estimate of drug-likeness (QED) is 0.345. The Kier molecular flexibility index (Phi) is 9.22. The van der Waals surface area contributed by atoms with E-state index < -0.39 is 0 Å². The zero-order chi connectivity index (χ0) is 22.6. The minimum Gasteiger partial charge on any atom is -0.507 e. The predicted octanol–water partition coefficient (Wildman–Crippen LogP) is 3.43. The largest absolute Gasteiger partial charge is 0.507 e. The van der Waals surface area contributed by atoms with Gasteiger partial charge in [-0.2, -0.15) is 10.2 Å². The average Bonchev–Trinajstić information content (AvgIpc) is 2.76. The molecule has 0 radical (unpaired) electrons. The molecule has 4 N–H and O–H groups in total. The van der Waals surface area contributed by atoms with Crippen LogP contribution in [0, 0.1) is 0 Å². The van der Waals surface area contributed by atoms with Gasteiger partial charge in [-0.15, -0.1) is 0 Å². The van der Waals surface area contributed by atoms with E-state index in [2.05, 4.69) is 21.1 Å². The lowest BCUT2D eigenvalue weighted by Gasteiger charge is -2.08. The minimum atomic E-state index is -0.318. The van der Waals surface area contributed by atoms with E-state index in [9.17, 15) is 19.8 Å². The van der Waals surface area contributed by atoms with Crippen LogP contribution in [0.15, 0.2) is 58.7 Å². The standard InChI is InChI=1S/C23H28N4O4/c1-3-18(16-10-5-7-12-20(16)28)24-26-22(30)14-9-15-23(31)27-25-19(4-2)17-11-6-8-13-21(17)29/h5-8,10-13,28-29H,3-4,9,14-15H2,1-2H3,(H,26,30)(H,27,31)/b24-18+,25-19+. The van der Waals surface area contributed by atoms with Crippen LogP contribution in [0.25, 0.3) is 0 Å². The van der Waals surface area contributed by atoms with Crippen LogP contribution in [0.4, 0.5) is 0 Å². The lowest BCUT2D eigenvalue weighted by molar-refractivity contribution is -0.122. The van der Waals surface area contributed by atoms with E-state index in [1.807, 2.05) is 13.8 Å². The number of aromatic hydroxyl groups is 2. The molecule has 0 atom stereocenters. The van der Waals surface area contributed by atoms with Gasteiger partial charge in [-0.3, -0.25) is 9.59 Å². The Morgan fingerprint density at radius 3 is 1.48 bits per heavy atom. The van der Waals surface area contributed by atoms with Crippen LogP contribution in [0.5, 0.6) is 11.5 Å². The summed E-state index contributed by atoms with van der Waals surface area (Å²) in [6.45, 7) is 3.75. The van der Waals surface area contributed by atoms with Gasteiger partial charge in [-0.25, -0.2) is 10.9 Å². The van der Waals surface area contributed by atoms with Crippen molar-refractivity contribution in [2.45, 2.75) is 46.0 Å². The zero-order valence-electron chi connectivity index (χ0n) is 17.8. The van der Waals surface area contributed by atoms with Gasteiger partial charge in [0, 0.05) is 24.0 Å². The molecule has 0 aliphatic carbocycles. The first-order valence-electron chi connectivity index (χ1n) is 10.2. The first kappa shape index (κ1) is 23.6. The molecule has 164 valence electrons. The number of amides is 2. The molecule has 0 fully saturated rings. The van der Waals surface area contributed by atoms with Gasteiger partial charge in [0.2, 0.25) is 11.8 Å². The van der Waals surface area contributed by atoms with Crippen LogP contribution in [0.3, 0.4) is 0 Å². The number of para-hydroxylation sites is 2. The third-order valence-electron chi connectivity index (χ3n) is 4.54. The number of carbonyl (C=O) groups is 2. The number of benzene rings is 2. The number of phenols is 2. The van der Waals surface area contributed by atoms with Crippen LogP contribution in [0.1, 0.15) is 57.1 Å². The van der Waals surface area contributed by atoms with E-state index >= 15 is 0 Å². The zero-order valence-corrected chi connectivity index (χ0v) is 17.8.